The molecule has 13 rings (SSSR count). The highest BCUT2D eigenvalue weighted by Gasteiger charge is 2.59. The van der Waals surface area contributed by atoms with Crippen LogP contribution in [0.2, 0.25) is 0 Å². The molecular weight excluding hydrogens is 877 g/mol. The number of benzene rings is 9. The smallest absolute Gasteiger partial charge is 0.120 e. The number of hydrogen-bond donors (Lipinski definition) is 0. The van der Waals surface area contributed by atoms with Crippen LogP contribution in [-0.2, 0) is 10.8 Å². The molecule has 0 saturated heterocycles. The van der Waals surface area contributed by atoms with Crippen molar-refractivity contribution in [2.45, 2.75) is 101 Å². The molecule has 0 aromatic heterocycles. The van der Waals surface area contributed by atoms with Crippen LogP contribution < -0.4 is 19.3 Å². The van der Waals surface area contributed by atoms with Gasteiger partial charge in [0.25, 0.3) is 0 Å². The summed E-state index contributed by atoms with van der Waals surface area (Å²) in [5.74, 6) is 1.79. The summed E-state index contributed by atoms with van der Waals surface area (Å²) in [5.41, 5.74) is 17.8. The first-order valence-electron chi connectivity index (χ1n) is 26.4. The van der Waals surface area contributed by atoms with Crippen molar-refractivity contribution in [3.8, 4) is 56.0 Å². The summed E-state index contributed by atoms with van der Waals surface area (Å²) in [6, 6.07) is 68.7. The number of ether oxygens (including phenoxy) is 2. The summed E-state index contributed by atoms with van der Waals surface area (Å²) in [6.07, 6.45) is 9.56. The Bertz CT molecular complexity index is 3360. The lowest BCUT2D eigenvalue weighted by molar-refractivity contribution is 0.195. The zero-order valence-electron chi connectivity index (χ0n) is 42.7. The molecule has 2 saturated carbocycles. The number of anilines is 4. The third-order valence-corrected chi connectivity index (χ3v) is 18.7. The molecule has 72 heavy (non-hydrogen) atoms. The molecule has 2 aliphatic heterocycles. The number of fused-ring (bicyclic) bond motifs is 8. The van der Waals surface area contributed by atoms with Gasteiger partial charge in [0.2, 0.25) is 0 Å². The number of rotatable bonds is 8. The minimum Gasteiger partial charge on any atom is -0.497 e. The number of hydrogen-bond acceptors (Lipinski definition) is 4. The Morgan fingerprint density at radius 3 is 1.15 bits per heavy atom. The van der Waals surface area contributed by atoms with Crippen LogP contribution >= 0.6 is 0 Å². The van der Waals surface area contributed by atoms with Crippen molar-refractivity contribution in [2.24, 2.45) is 0 Å². The first kappa shape index (κ1) is 44.6. The molecule has 9 aromatic rings. The van der Waals surface area contributed by atoms with Crippen LogP contribution in [0.3, 0.4) is 0 Å². The van der Waals surface area contributed by atoms with Crippen molar-refractivity contribution in [1.29, 1.82) is 0 Å². The van der Waals surface area contributed by atoms with Gasteiger partial charge in [-0.3, -0.25) is 0 Å². The van der Waals surface area contributed by atoms with Crippen LogP contribution in [0.4, 0.5) is 22.7 Å². The first-order chi connectivity index (χ1) is 35.1. The lowest BCUT2D eigenvalue weighted by atomic mass is 9.61. The summed E-state index contributed by atoms with van der Waals surface area (Å²) in [5, 5.41) is 5.06. The molecule has 2 aliphatic carbocycles. The van der Waals surface area contributed by atoms with Crippen LogP contribution in [0.1, 0.15) is 90.2 Å². The topological polar surface area (TPSA) is 24.9 Å². The SMILES string of the molecule is COc1cccc(N2c3ccc(-c4ccc5c(-c6ccccc6)c6cc(-c7ccc8c(c7)C7(C)CCCCC7(C)N8c7cccc(OC)c7)ccc6c(-c6ccccc6)c5c4)cc3C3(C)CCCCC23C)c1. The van der Waals surface area contributed by atoms with Crippen LogP contribution in [0.5, 0.6) is 11.5 Å². The molecule has 0 bridgehead atoms. The van der Waals surface area contributed by atoms with E-state index in [0.717, 1.165) is 37.2 Å². The Morgan fingerprint density at radius 2 is 0.736 bits per heavy atom. The van der Waals surface area contributed by atoms with E-state index in [9.17, 15) is 0 Å². The minimum absolute atomic E-state index is 0.0118. The lowest BCUT2D eigenvalue weighted by Gasteiger charge is -2.50. The third kappa shape index (κ3) is 6.43. The van der Waals surface area contributed by atoms with E-state index in [-0.39, 0.29) is 21.9 Å². The van der Waals surface area contributed by atoms with Crippen molar-refractivity contribution >= 4 is 44.3 Å². The summed E-state index contributed by atoms with van der Waals surface area (Å²) in [4.78, 5) is 5.28. The maximum Gasteiger partial charge on any atom is 0.120 e. The molecule has 4 nitrogen and oxygen atoms in total. The van der Waals surface area contributed by atoms with Gasteiger partial charge in [-0.2, -0.15) is 0 Å². The molecule has 9 aromatic carbocycles. The largest absolute Gasteiger partial charge is 0.497 e. The summed E-state index contributed by atoms with van der Waals surface area (Å²) >= 11 is 0. The molecule has 4 atom stereocenters. The van der Waals surface area contributed by atoms with Gasteiger partial charge in [-0.25, -0.2) is 0 Å². The highest BCUT2D eigenvalue weighted by atomic mass is 16.5. The fourth-order valence-electron chi connectivity index (χ4n) is 14.6. The molecule has 358 valence electrons. The second-order valence-electron chi connectivity index (χ2n) is 22.2. The van der Waals surface area contributed by atoms with E-state index in [4.69, 9.17) is 9.47 Å². The van der Waals surface area contributed by atoms with E-state index < -0.39 is 0 Å². The monoisotopic (exact) mass is 940 g/mol. The third-order valence-electron chi connectivity index (χ3n) is 18.7. The molecule has 0 amide bonds. The molecule has 2 heterocycles. The van der Waals surface area contributed by atoms with Crippen LogP contribution in [-0.4, -0.2) is 25.3 Å². The van der Waals surface area contributed by atoms with E-state index in [1.165, 1.54) is 126 Å². The molecular formula is C68H64N2O2. The predicted molar refractivity (Wildman–Crippen MR) is 302 cm³/mol. The van der Waals surface area contributed by atoms with Crippen molar-refractivity contribution < 1.29 is 9.47 Å². The second-order valence-corrected chi connectivity index (χ2v) is 22.2. The summed E-state index contributed by atoms with van der Waals surface area (Å²) < 4.78 is 11.5. The van der Waals surface area contributed by atoms with E-state index >= 15 is 0 Å². The standard InChI is InChI=1S/C68H64N2O2/c1-65-35-13-15-37-67(65,3)69(51-23-17-25-53(43-51)71-5)61-33-29-49(41-59(61)65)47-27-31-55-57(39-47)63(45-19-9-7-10-20-45)56-32-28-48(40-58(56)64(55)46-21-11-8-12-22-46)50-30-34-62-60(42-50)66(2)36-14-16-38-68(66,4)70(62)52-24-18-26-54(44-52)72-6/h7-12,17-34,39-44H,13-16,35-38H2,1-6H3. The van der Waals surface area contributed by atoms with E-state index in [2.05, 4.69) is 219 Å². The quantitative estimate of drug-likeness (QED) is 0.142. The normalized spacial score (nSPS) is 23.1. The van der Waals surface area contributed by atoms with Gasteiger partial charge in [0.15, 0.2) is 0 Å². The van der Waals surface area contributed by atoms with Gasteiger partial charge in [-0.1, -0.05) is 149 Å². The van der Waals surface area contributed by atoms with Crippen molar-refractivity contribution in [2.75, 3.05) is 24.0 Å². The van der Waals surface area contributed by atoms with Gasteiger partial charge in [-0.15, -0.1) is 0 Å². The van der Waals surface area contributed by atoms with Crippen molar-refractivity contribution in [1.82, 2.24) is 0 Å². The van der Waals surface area contributed by atoms with E-state index in [1.807, 2.05) is 0 Å². The van der Waals surface area contributed by atoms with Gasteiger partial charge in [0.05, 0.1) is 25.3 Å². The maximum atomic E-state index is 5.77. The van der Waals surface area contributed by atoms with E-state index in [1.54, 1.807) is 14.2 Å². The lowest BCUT2D eigenvalue weighted by Crippen LogP contribution is -2.54. The summed E-state index contributed by atoms with van der Waals surface area (Å²) in [6.45, 7) is 10.1. The molecule has 0 N–H and O–H groups in total. The zero-order valence-corrected chi connectivity index (χ0v) is 42.7. The molecule has 0 spiro atoms. The highest BCUT2D eigenvalue weighted by Crippen LogP contribution is 2.63. The first-order valence-corrected chi connectivity index (χ1v) is 26.4. The highest BCUT2D eigenvalue weighted by molar-refractivity contribution is 6.22. The number of nitrogens with zero attached hydrogens (tertiary/aromatic N) is 2. The second kappa shape index (κ2) is 16.6. The summed E-state index contributed by atoms with van der Waals surface area (Å²) in [7, 11) is 3.53. The van der Waals surface area contributed by atoms with Crippen molar-refractivity contribution in [3.05, 3.63) is 193 Å². The van der Waals surface area contributed by atoms with Crippen LogP contribution in [0.25, 0.3) is 66.1 Å². The van der Waals surface area contributed by atoms with Gasteiger partial charge in [-0.05, 0) is 177 Å². The van der Waals surface area contributed by atoms with Crippen LogP contribution in [0.15, 0.2) is 182 Å². The maximum absolute atomic E-state index is 5.77. The Kier molecular flexibility index (Phi) is 10.3. The zero-order chi connectivity index (χ0) is 49.0. The van der Waals surface area contributed by atoms with Gasteiger partial charge < -0.3 is 19.3 Å². The Balaban J connectivity index is 0.994. The fraction of sp³-hybridized carbons (Fsp3) is 0.265. The van der Waals surface area contributed by atoms with Gasteiger partial charge >= 0.3 is 0 Å². The van der Waals surface area contributed by atoms with Gasteiger partial charge in [0.1, 0.15) is 11.5 Å². The predicted octanol–water partition coefficient (Wildman–Crippen LogP) is 18.2. The Hall–Kier alpha value is -7.30. The molecule has 4 heteroatoms. The molecule has 2 fully saturated rings. The average Bonchev–Trinajstić information content (AvgIpc) is 3.77. The molecule has 0 radical (unpaired) electrons. The fourth-order valence-corrected chi connectivity index (χ4v) is 14.6. The van der Waals surface area contributed by atoms with Crippen molar-refractivity contribution in [3.63, 3.8) is 0 Å². The molecule has 4 aliphatic rings. The van der Waals surface area contributed by atoms with E-state index in [0.29, 0.717) is 0 Å². The molecule has 4 unspecified atom stereocenters. The Labute approximate surface area is 425 Å². The van der Waals surface area contributed by atoms with Crippen LogP contribution in [0, 0.1) is 0 Å². The Morgan fingerprint density at radius 1 is 0.347 bits per heavy atom. The van der Waals surface area contributed by atoms with Gasteiger partial charge in [0, 0.05) is 45.7 Å². The minimum atomic E-state index is -0.0594. The number of methoxy groups -OCH3 is 2. The average molecular weight is 941 g/mol.